The molecule has 0 amide bonds. The van der Waals surface area contributed by atoms with E-state index in [1.807, 2.05) is 0 Å². The molecule has 0 aromatic rings. The first kappa shape index (κ1) is 12.2. The highest BCUT2D eigenvalue weighted by Crippen LogP contribution is 2.22. The molecule has 0 saturated heterocycles. The normalized spacial score (nSPS) is 11.0. The molecular formula is C8H12F3NO. The lowest BCUT2D eigenvalue weighted by Gasteiger charge is -2.04. The number of unbranched alkanes of at least 4 members (excludes halogenated alkanes) is 3. The van der Waals surface area contributed by atoms with E-state index in [1.54, 1.807) is 0 Å². The fourth-order valence-corrected chi connectivity index (χ4v) is 0.916. The van der Waals surface area contributed by atoms with Crippen LogP contribution in [0, 0.1) is 0 Å². The molecule has 0 heterocycles. The maximum atomic E-state index is 11.6. The van der Waals surface area contributed by atoms with Crippen molar-refractivity contribution in [2.24, 2.45) is 4.99 Å². The van der Waals surface area contributed by atoms with E-state index in [0.29, 0.717) is 25.8 Å². The molecule has 76 valence electrons. The average Bonchev–Trinajstić information content (AvgIpc) is 2.01. The summed E-state index contributed by atoms with van der Waals surface area (Å²) in [5.74, 6) is 0. The van der Waals surface area contributed by atoms with Crippen molar-refractivity contribution in [1.29, 1.82) is 0 Å². The summed E-state index contributed by atoms with van der Waals surface area (Å²) < 4.78 is 34.8. The summed E-state index contributed by atoms with van der Waals surface area (Å²) >= 11 is 0. The Hall–Kier alpha value is -0.830. The van der Waals surface area contributed by atoms with Gasteiger partial charge in [-0.15, -0.1) is 0 Å². The van der Waals surface area contributed by atoms with Crippen molar-refractivity contribution in [3.05, 3.63) is 0 Å². The standard InChI is InChI=1S/C8H12F3NO/c9-8(10,11)5-3-1-2-4-6-12-7-13/h1-6H2. The van der Waals surface area contributed by atoms with E-state index >= 15 is 0 Å². The Kier molecular flexibility index (Phi) is 6.24. The molecule has 0 aliphatic carbocycles. The minimum absolute atomic E-state index is 0.161. The highest BCUT2D eigenvalue weighted by molar-refractivity contribution is 5.32. The maximum absolute atomic E-state index is 11.6. The second-order valence-electron chi connectivity index (χ2n) is 2.75. The second-order valence-corrected chi connectivity index (χ2v) is 2.75. The lowest BCUT2D eigenvalue weighted by Crippen LogP contribution is -2.06. The number of hydrogen-bond donors (Lipinski definition) is 0. The summed E-state index contributed by atoms with van der Waals surface area (Å²) in [7, 11) is 0. The number of isocyanates is 1. The first-order valence-corrected chi connectivity index (χ1v) is 4.16. The van der Waals surface area contributed by atoms with E-state index in [4.69, 9.17) is 0 Å². The molecule has 13 heavy (non-hydrogen) atoms. The van der Waals surface area contributed by atoms with Crippen molar-refractivity contribution in [2.45, 2.75) is 38.3 Å². The van der Waals surface area contributed by atoms with Gasteiger partial charge in [0, 0.05) is 6.42 Å². The summed E-state index contributed by atoms with van der Waals surface area (Å²) in [5, 5.41) is 0. The predicted molar refractivity (Wildman–Crippen MR) is 42.1 cm³/mol. The monoisotopic (exact) mass is 195 g/mol. The van der Waals surface area contributed by atoms with Crippen molar-refractivity contribution in [2.75, 3.05) is 6.54 Å². The number of nitrogens with zero attached hydrogens (tertiary/aromatic N) is 1. The third-order valence-corrected chi connectivity index (χ3v) is 1.54. The van der Waals surface area contributed by atoms with Crippen LogP contribution in [0.3, 0.4) is 0 Å². The molecular weight excluding hydrogens is 183 g/mol. The molecule has 0 aromatic heterocycles. The molecule has 0 aliphatic heterocycles. The topological polar surface area (TPSA) is 29.4 Å². The van der Waals surface area contributed by atoms with Crippen molar-refractivity contribution in [1.82, 2.24) is 0 Å². The smallest absolute Gasteiger partial charge is 0.211 e. The van der Waals surface area contributed by atoms with Gasteiger partial charge in [-0.25, -0.2) is 9.79 Å². The quantitative estimate of drug-likeness (QED) is 0.364. The SMILES string of the molecule is O=C=NCCCCCCC(F)(F)F. The Morgan fingerprint density at radius 3 is 2.23 bits per heavy atom. The Morgan fingerprint density at radius 1 is 1.08 bits per heavy atom. The molecule has 0 aliphatic rings. The van der Waals surface area contributed by atoms with Gasteiger partial charge in [0.15, 0.2) is 0 Å². The van der Waals surface area contributed by atoms with Crippen LogP contribution in [0.25, 0.3) is 0 Å². The van der Waals surface area contributed by atoms with Crippen molar-refractivity contribution < 1.29 is 18.0 Å². The molecule has 0 atom stereocenters. The lowest BCUT2D eigenvalue weighted by atomic mass is 10.1. The van der Waals surface area contributed by atoms with Crippen LogP contribution in [0.5, 0.6) is 0 Å². The average molecular weight is 195 g/mol. The van der Waals surface area contributed by atoms with Gasteiger partial charge in [0.1, 0.15) is 0 Å². The van der Waals surface area contributed by atoms with Crippen LogP contribution in [0.1, 0.15) is 32.1 Å². The van der Waals surface area contributed by atoms with E-state index in [2.05, 4.69) is 4.99 Å². The van der Waals surface area contributed by atoms with Gasteiger partial charge in [0.05, 0.1) is 6.54 Å². The Balaban J connectivity index is 3.13. The molecule has 0 fully saturated rings. The first-order valence-electron chi connectivity index (χ1n) is 4.16. The summed E-state index contributed by atoms with van der Waals surface area (Å²) in [6.07, 6.45) is -1.34. The van der Waals surface area contributed by atoms with E-state index < -0.39 is 12.6 Å². The zero-order chi connectivity index (χ0) is 10.2. The van der Waals surface area contributed by atoms with Gasteiger partial charge in [-0.1, -0.05) is 12.8 Å². The van der Waals surface area contributed by atoms with Crippen LogP contribution < -0.4 is 0 Å². The zero-order valence-electron chi connectivity index (χ0n) is 7.23. The minimum atomic E-state index is -4.04. The molecule has 0 unspecified atom stereocenters. The van der Waals surface area contributed by atoms with Crippen LogP contribution in [0.15, 0.2) is 4.99 Å². The number of aliphatic imine (C=N–C) groups is 1. The summed E-state index contributed by atoms with van der Waals surface area (Å²) in [6.45, 7) is 0.371. The van der Waals surface area contributed by atoms with Gasteiger partial charge in [-0.3, -0.25) is 0 Å². The molecule has 0 saturated carbocycles. The van der Waals surface area contributed by atoms with Crippen molar-refractivity contribution in [3.63, 3.8) is 0 Å². The third-order valence-electron chi connectivity index (χ3n) is 1.54. The molecule has 0 aromatic carbocycles. The molecule has 0 bridgehead atoms. The Morgan fingerprint density at radius 2 is 1.69 bits per heavy atom. The van der Waals surface area contributed by atoms with E-state index in [1.165, 1.54) is 6.08 Å². The van der Waals surface area contributed by atoms with Gasteiger partial charge in [-0.05, 0) is 12.8 Å². The number of hydrogen-bond acceptors (Lipinski definition) is 2. The lowest BCUT2D eigenvalue weighted by molar-refractivity contribution is -0.135. The summed E-state index contributed by atoms with van der Waals surface area (Å²) in [5.41, 5.74) is 0. The van der Waals surface area contributed by atoms with Crippen LogP contribution in [-0.4, -0.2) is 18.8 Å². The van der Waals surface area contributed by atoms with Crippen molar-refractivity contribution >= 4 is 6.08 Å². The molecule has 5 heteroatoms. The summed E-state index contributed by atoms with van der Waals surface area (Å²) in [4.78, 5) is 12.9. The van der Waals surface area contributed by atoms with Gasteiger partial charge in [0.25, 0.3) is 0 Å². The highest BCUT2D eigenvalue weighted by atomic mass is 19.4. The number of rotatable bonds is 6. The van der Waals surface area contributed by atoms with E-state index in [9.17, 15) is 18.0 Å². The largest absolute Gasteiger partial charge is 0.389 e. The van der Waals surface area contributed by atoms with Crippen LogP contribution in [-0.2, 0) is 4.79 Å². The van der Waals surface area contributed by atoms with Gasteiger partial charge >= 0.3 is 6.18 Å². The highest BCUT2D eigenvalue weighted by Gasteiger charge is 2.25. The number of alkyl halides is 3. The van der Waals surface area contributed by atoms with Crippen LogP contribution in [0.2, 0.25) is 0 Å². The number of halogens is 3. The molecule has 2 nitrogen and oxygen atoms in total. The van der Waals surface area contributed by atoms with Crippen molar-refractivity contribution in [3.8, 4) is 0 Å². The zero-order valence-corrected chi connectivity index (χ0v) is 7.23. The number of carbonyl (C=O) groups excluding carboxylic acids is 1. The Bertz CT molecular complexity index is 173. The van der Waals surface area contributed by atoms with Gasteiger partial charge in [-0.2, -0.15) is 13.2 Å². The molecule has 0 spiro atoms. The van der Waals surface area contributed by atoms with Crippen LogP contribution >= 0.6 is 0 Å². The fraction of sp³-hybridized carbons (Fsp3) is 0.875. The van der Waals surface area contributed by atoms with Gasteiger partial charge < -0.3 is 0 Å². The van der Waals surface area contributed by atoms with Gasteiger partial charge in [0.2, 0.25) is 6.08 Å². The van der Waals surface area contributed by atoms with Crippen LogP contribution in [0.4, 0.5) is 13.2 Å². The Labute approximate surface area is 74.8 Å². The minimum Gasteiger partial charge on any atom is -0.211 e. The molecule has 0 N–H and O–H groups in total. The van der Waals surface area contributed by atoms with E-state index in [0.717, 1.165) is 0 Å². The van der Waals surface area contributed by atoms with E-state index in [-0.39, 0.29) is 6.42 Å². The second kappa shape index (κ2) is 6.66. The molecule has 0 radical (unpaired) electrons. The molecule has 0 rings (SSSR count). The summed E-state index contributed by atoms with van der Waals surface area (Å²) in [6, 6.07) is 0. The third kappa shape index (κ3) is 11.2. The maximum Gasteiger partial charge on any atom is 0.389 e. The predicted octanol–water partition coefficient (Wildman–Crippen LogP) is 2.84. The first-order chi connectivity index (χ1) is 6.06. The fourth-order valence-electron chi connectivity index (χ4n) is 0.916.